The Hall–Kier alpha value is -3.28. The number of amides is 1. The number of nitrogens with one attached hydrogen (secondary N) is 2. The molecule has 7 nitrogen and oxygen atoms in total. The number of hydrogen-bond donors (Lipinski definition) is 2. The van der Waals surface area contributed by atoms with E-state index in [1.54, 1.807) is 18.3 Å². The number of hydrogen-bond acceptors (Lipinski definition) is 5. The fourth-order valence-corrected chi connectivity index (χ4v) is 3.68. The lowest BCUT2D eigenvalue weighted by Gasteiger charge is -2.18. The van der Waals surface area contributed by atoms with Crippen LogP contribution in [0.25, 0.3) is 22.2 Å². The van der Waals surface area contributed by atoms with Crippen LogP contribution in [-0.2, 0) is 23.0 Å². The number of nitrogens with zero attached hydrogens (tertiary/aromatic N) is 3. The number of aromatic nitrogens is 2. The maximum Gasteiger partial charge on any atom is 0.251 e. The molecule has 8 heteroatoms. The summed E-state index contributed by atoms with van der Waals surface area (Å²) < 4.78 is 22.3. The fraction of sp³-hybridized carbons (Fsp3) is 0.348. The summed E-state index contributed by atoms with van der Waals surface area (Å²) in [5.74, 6) is -0.786. The predicted octanol–water partition coefficient (Wildman–Crippen LogP) is 2.31. The summed E-state index contributed by atoms with van der Waals surface area (Å²) in [6.45, 7) is 1.67. The number of halogens is 1. The number of carbonyl (C=O) groups is 1. The first-order chi connectivity index (χ1) is 15.0. The molecule has 31 heavy (non-hydrogen) atoms. The average molecular weight is 421 g/mol. The van der Waals surface area contributed by atoms with Crippen LogP contribution in [-0.4, -0.2) is 47.3 Å². The number of pyridine rings is 1. The second-order valence-corrected chi connectivity index (χ2v) is 7.67. The van der Waals surface area contributed by atoms with Crippen molar-refractivity contribution in [3.63, 3.8) is 0 Å². The Kier molecular flexibility index (Phi) is 6.26. The third-order valence-corrected chi connectivity index (χ3v) is 5.46. The van der Waals surface area contributed by atoms with Crippen molar-refractivity contribution in [2.75, 3.05) is 19.7 Å². The molecule has 1 aliphatic heterocycles. The molecule has 4 rings (SSSR count). The van der Waals surface area contributed by atoms with Crippen molar-refractivity contribution in [1.29, 1.82) is 5.26 Å². The molecule has 3 heterocycles. The molecule has 0 aliphatic carbocycles. The summed E-state index contributed by atoms with van der Waals surface area (Å²) in [6, 6.07) is 9.99. The molecule has 3 aromatic rings. The Bertz CT molecular complexity index is 1130. The number of rotatable bonds is 5. The number of aryl methyl sites for hydroxylation is 1. The summed E-state index contributed by atoms with van der Waals surface area (Å²) in [5.41, 5.74) is 3.71. The zero-order valence-corrected chi connectivity index (χ0v) is 17.3. The van der Waals surface area contributed by atoms with Gasteiger partial charge in [0.1, 0.15) is 18.0 Å². The summed E-state index contributed by atoms with van der Waals surface area (Å²) in [6.07, 6.45) is 3.90. The fourth-order valence-electron chi connectivity index (χ4n) is 3.68. The number of ether oxygens (including phenoxy) is 1. The van der Waals surface area contributed by atoms with Crippen LogP contribution < -0.4 is 10.6 Å². The third-order valence-electron chi connectivity index (χ3n) is 5.46. The predicted molar refractivity (Wildman–Crippen MR) is 115 cm³/mol. The second-order valence-electron chi connectivity index (χ2n) is 7.67. The van der Waals surface area contributed by atoms with E-state index < -0.39 is 18.0 Å². The Morgan fingerprint density at radius 1 is 1.42 bits per heavy atom. The SMILES string of the molecule is Cn1ccc2ncc(-c3ccc(C[C@H](C#N)NC(=O)[C@@H]4CNCCCO4)c(F)c3)cc21. The smallest absolute Gasteiger partial charge is 0.251 e. The minimum Gasteiger partial charge on any atom is -0.367 e. The molecule has 0 unspecified atom stereocenters. The number of nitriles is 1. The summed E-state index contributed by atoms with van der Waals surface area (Å²) in [7, 11) is 1.93. The van der Waals surface area contributed by atoms with E-state index in [1.165, 1.54) is 6.07 Å². The molecule has 160 valence electrons. The average Bonchev–Trinajstić information content (AvgIpc) is 2.97. The molecule has 2 aromatic heterocycles. The van der Waals surface area contributed by atoms with Crippen LogP contribution in [0, 0.1) is 17.1 Å². The second kappa shape index (κ2) is 9.25. The minimum atomic E-state index is -0.846. The van der Waals surface area contributed by atoms with Gasteiger partial charge < -0.3 is 19.9 Å². The lowest BCUT2D eigenvalue weighted by molar-refractivity contribution is -0.132. The van der Waals surface area contributed by atoms with E-state index in [9.17, 15) is 14.4 Å². The van der Waals surface area contributed by atoms with Crippen LogP contribution in [0.3, 0.4) is 0 Å². The van der Waals surface area contributed by atoms with Crippen LogP contribution in [0.15, 0.2) is 42.7 Å². The van der Waals surface area contributed by atoms with Gasteiger partial charge in [0.2, 0.25) is 0 Å². The van der Waals surface area contributed by atoms with Crippen molar-refractivity contribution in [3.05, 3.63) is 54.1 Å². The van der Waals surface area contributed by atoms with Gasteiger partial charge in [-0.2, -0.15) is 5.26 Å². The highest BCUT2D eigenvalue weighted by molar-refractivity contribution is 5.82. The molecule has 0 saturated carbocycles. The minimum absolute atomic E-state index is 0.0730. The van der Waals surface area contributed by atoms with Crippen LogP contribution in [0.5, 0.6) is 0 Å². The van der Waals surface area contributed by atoms with E-state index in [1.807, 2.05) is 36.0 Å². The van der Waals surface area contributed by atoms with Gasteiger partial charge in [0.05, 0.1) is 17.1 Å². The summed E-state index contributed by atoms with van der Waals surface area (Å²) in [5, 5.41) is 15.3. The van der Waals surface area contributed by atoms with Crippen molar-refractivity contribution < 1.29 is 13.9 Å². The zero-order chi connectivity index (χ0) is 21.8. The molecule has 1 amide bonds. The van der Waals surface area contributed by atoms with Crippen LogP contribution >= 0.6 is 0 Å². The highest BCUT2D eigenvalue weighted by atomic mass is 19.1. The van der Waals surface area contributed by atoms with E-state index in [2.05, 4.69) is 15.6 Å². The van der Waals surface area contributed by atoms with Crippen molar-refractivity contribution >= 4 is 16.9 Å². The van der Waals surface area contributed by atoms with Gasteiger partial charge in [0.25, 0.3) is 5.91 Å². The first-order valence-electron chi connectivity index (χ1n) is 10.3. The quantitative estimate of drug-likeness (QED) is 0.660. The molecule has 1 aromatic carbocycles. The van der Waals surface area contributed by atoms with Crippen LogP contribution in [0.2, 0.25) is 0 Å². The van der Waals surface area contributed by atoms with Gasteiger partial charge in [-0.25, -0.2) is 4.39 Å². The van der Waals surface area contributed by atoms with Crippen molar-refractivity contribution in [3.8, 4) is 17.2 Å². The van der Waals surface area contributed by atoms with E-state index >= 15 is 0 Å². The zero-order valence-electron chi connectivity index (χ0n) is 17.3. The maximum atomic E-state index is 14.8. The normalized spacial score (nSPS) is 17.6. The summed E-state index contributed by atoms with van der Waals surface area (Å²) >= 11 is 0. The molecule has 0 radical (unpaired) electrons. The molecule has 1 aliphatic rings. The van der Waals surface area contributed by atoms with Crippen LogP contribution in [0.1, 0.15) is 12.0 Å². The molecule has 2 atom stereocenters. The first-order valence-corrected chi connectivity index (χ1v) is 10.3. The van der Waals surface area contributed by atoms with Crippen molar-refractivity contribution in [2.24, 2.45) is 7.05 Å². The van der Waals surface area contributed by atoms with E-state index in [4.69, 9.17) is 4.74 Å². The highest BCUT2D eigenvalue weighted by Gasteiger charge is 2.24. The van der Waals surface area contributed by atoms with E-state index in [0.29, 0.717) is 24.3 Å². The van der Waals surface area contributed by atoms with Crippen molar-refractivity contribution in [1.82, 2.24) is 20.2 Å². The standard InChI is InChI=1S/C23H24FN5O2/c1-29-7-5-20-21(29)11-17(13-27-20)15-3-4-16(19(24)10-15)9-18(12-25)28-23(30)22-14-26-6-2-8-31-22/h3-5,7,10-11,13,18,22,26H,2,6,8-9,14H2,1H3,(H,28,30)/t18-,22+/m1/s1. The monoisotopic (exact) mass is 421 g/mol. The van der Waals surface area contributed by atoms with E-state index in [0.717, 1.165) is 29.6 Å². The highest BCUT2D eigenvalue weighted by Crippen LogP contribution is 2.25. The van der Waals surface area contributed by atoms with Crippen molar-refractivity contribution in [2.45, 2.75) is 25.0 Å². The van der Waals surface area contributed by atoms with Gasteiger partial charge >= 0.3 is 0 Å². The van der Waals surface area contributed by atoms with Gasteiger partial charge in [-0.1, -0.05) is 12.1 Å². The Labute approximate surface area is 179 Å². The van der Waals surface area contributed by atoms with Gasteiger partial charge in [-0.3, -0.25) is 9.78 Å². The Balaban J connectivity index is 1.47. The lowest BCUT2D eigenvalue weighted by atomic mass is 10.0. The van der Waals surface area contributed by atoms with Crippen LogP contribution in [0.4, 0.5) is 4.39 Å². The van der Waals surface area contributed by atoms with E-state index in [-0.39, 0.29) is 12.3 Å². The number of carbonyl (C=O) groups excluding carboxylic acids is 1. The van der Waals surface area contributed by atoms with Gasteiger partial charge in [0.15, 0.2) is 0 Å². The third kappa shape index (κ3) is 4.74. The van der Waals surface area contributed by atoms with Gasteiger partial charge in [0, 0.05) is 44.6 Å². The lowest BCUT2D eigenvalue weighted by Crippen LogP contribution is -2.46. The number of benzene rings is 1. The molecular formula is C23H24FN5O2. The summed E-state index contributed by atoms with van der Waals surface area (Å²) in [4.78, 5) is 16.8. The van der Waals surface area contributed by atoms with Gasteiger partial charge in [-0.05, 0) is 42.3 Å². The Morgan fingerprint density at radius 2 is 2.29 bits per heavy atom. The largest absolute Gasteiger partial charge is 0.367 e. The first kappa shape index (κ1) is 21.0. The molecule has 0 spiro atoms. The maximum absolute atomic E-state index is 14.8. The molecule has 1 saturated heterocycles. The molecule has 0 bridgehead atoms. The topological polar surface area (TPSA) is 92.0 Å². The molecule has 1 fully saturated rings. The molecule has 2 N–H and O–H groups in total. The number of fused-ring (bicyclic) bond motifs is 1. The van der Waals surface area contributed by atoms with Gasteiger partial charge in [-0.15, -0.1) is 0 Å². The molecular weight excluding hydrogens is 397 g/mol. The Morgan fingerprint density at radius 3 is 3.10 bits per heavy atom.